The number of benzene rings is 1. The van der Waals surface area contributed by atoms with Gasteiger partial charge in [-0.3, -0.25) is 0 Å². The monoisotopic (exact) mass is 259 g/mol. The minimum Gasteiger partial charge on any atom is -0.461 e. The lowest BCUT2D eigenvalue weighted by molar-refractivity contribution is 0.352. The van der Waals surface area contributed by atoms with Crippen LogP contribution in [0.3, 0.4) is 0 Å². The molecule has 19 heavy (non-hydrogen) atoms. The van der Waals surface area contributed by atoms with Crippen molar-refractivity contribution in [3.63, 3.8) is 0 Å². The predicted molar refractivity (Wildman–Crippen MR) is 81.3 cm³/mol. The molecule has 0 fully saturated rings. The molecule has 0 bridgehead atoms. The molecule has 2 nitrogen and oxygen atoms in total. The van der Waals surface area contributed by atoms with Crippen molar-refractivity contribution in [3.8, 4) is 0 Å². The molecule has 0 amide bonds. The van der Waals surface area contributed by atoms with Gasteiger partial charge in [-0.05, 0) is 25.8 Å². The fraction of sp³-hybridized carbons (Fsp3) is 0.529. The number of aryl methyl sites for hydroxylation is 1. The van der Waals surface area contributed by atoms with E-state index in [1.54, 1.807) is 0 Å². The van der Waals surface area contributed by atoms with Crippen LogP contribution in [0.1, 0.15) is 44.9 Å². The number of rotatable bonds is 6. The molecule has 0 aliphatic carbocycles. The molecule has 1 aromatic carbocycles. The summed E-state index contributed by atoms with van der Waals surface area (Å²) >= 11 is 0. The molecule has 1 aromatic heterocycles. The van der Waals surface area contributed by atoms with E-state index < -0.39 is 0 Å². The summed E-state index contributed by atoms with van der Waals surface area (Å²) in [5.41, 5.74) is 2.29. The predicted octanol–water partition coefficient (Wildman–Crippen LogP) is 4.66. The molecule has 0 saturated heterocycles. The second kappa shape index (κ2) is 6.25. The molecule has 1 unspecified atom stereocenters. The second-order valence-corrected chi connectivity index (χ2v) is 5.38. The maximum atomic E-state index is 5.80. The van der Waals surface area contributed by atoms with Crippen LogP contribution in [0.25, 0.3) is 11.0 Å². The van der Waals surface area contributed by atoms with Gasteiger partial charge in [-0.2, -0.15) is 0 Å². The summed E-state index contributed by atoms with van der Waals surface area (Å²) < 4.78 is 5.80. The zero-order chi connectivity index (χ0) is 13.8. The molecular formula is C17H25NO. The van der Waals surface area contributed by atoms with Crippen LogP contribution in [-0.2, 0) is 6.54 Å². The van der Waals surface area contributed by atoms with Crippen LogP contribution in [0.4, 0.5) is 0 Å². The normalized spacial score (nSPS) is 13.3. The van der Waals surface area contributed by atoms with E-state index in [0.717, 1.165) is 23.8 Å². The van der Waals surface area contributed by atoms with Crippen molar-refractivity contribution in [2.45, 2.75) is 53.1 Å². The van der Waals surface area contributed by atoms with Gasteiger partial charge in [0.1, 0.15) is 11.3 Å². The van der Waals surface area contributed by atoms with Crippen LogP contribution in [0.15, 0.2) is 28.7 Å². The van der Waals surface area contributed by atoms with Gasteiger partial charge in [0.15, 0.2) is 0 Å². The number of nitrogens with one attached hydrogen (secondary N) is 1. The minimum absolute atomic E-state index is 0.545. The van der Waals surface area contributed by atoms with Crippen LogP contribution in [0.5, 0.6) is 0 Å². The highest BCUT2D eigenvalue weighted by molar-refractivity contribution is 5.82. The molecule has 0 radical (unpaired) electrons. The fourth-order valence-electron chi connectivity index (χ4n) is 2.87. The van der Waals surface area contributed by atoms with E-state index in [-0.39, 0.29) is 0 Å². The Morgan fingerprint density at radius 1 is 1.16 bits per heavy atom. The molecule has 1 N–H and O–H groups in total. The summed E-state index contributed by atoms with van der Waals surface area (Å²) in [7, 11) is 0. The van der Waals surface area contributed by atoms with Crippen LogP contribution >= 0.6 is 0 Å². The highest BCUT2D eigenvalue weighted by Gasteiger charge is 2.15. The second-order valence-electron chi connectivity index (χ2n) is 5.38. The number of hydrogen-bond acceptors (Lipinski definition) is 2. The summed E-state index contributed by atoms with van der Waals surface area (Å²) in [6, 6.07) is 8.82. The summed E-state index contributed by atoms with van der Waals surface area (Å²) in [4.78, 5) is 0. The SMILES string of the molecule is CCC(CC)C(C)NCc1c(C)oc2ccccc12. The molecule has 0 spiro atoms. The van der Waals surface area contributed by atoms with E-state index in [0.29, 0.717) is 6.04 Å². The van der Waals surface area contributed by atoms with E-state index in [2.05, 4.69) is 45.1 Å². The molecule has 1 atom stereocenters. The van der Waals surface area contributed by atoms with Crippen LogP contribution in [-0.4, -0.2) is 6.04 Å². The standard InChI is InChI=1S/C17H25NO/c1-5-14(6-2)12(3)18-11-16-13(4)19-17-10-8-7-9-15(16)17/h7-10,12,14,18H,5-6,11H2,1-4H3. The Balaban J connectivity index is 2.11. The third kappa shape index (κ3) is 3.01. The molecular weight excluding hydrogens is 234 g/mol. The number of furan rings is 1. The first-order valence-corrected chi connectivity index (χ1v) is 7.37. The van der Waals surface area contributed by atoms with E-state index in [1.807, 2.05) is 12.1 Å². The van der Waals surface area contributed by atoms with Gasteiger partial charge in [0.2, 0.25) is 0 Å². The van der Waals surface area contributed by atoms with Crippen molar-refractivity contribution >= 4 is 11.0 Å². The third-order valence-electron chi connectivity index (χ3n) is 4.26. The molecule has 0 saturated carbocycles. The van der Waals surface area contributed by atoms with Crippen LogP contribution in [0, 0.1) is 12.8 Å². The van der Waals surface area contributed by atoms with Gasteiger partial charge in [-0.1, -0.05) is 44.9 Å². The van der Waals surface area contributed by atoms with Gasteiger partial charge in [0.25, 0.3) is 0 Å². The van der Waals surface area contributed by atoms with Gasteiger partial charge >= 0.3 is 0 Å². The average Bonchev–Trinajstić information content (AvgIpc) is 2.73. The van der Waals surface area contributed by atoms with Crippen molar-refractivity contribution in [2.75, 3.05) is 0 Å². The first kappa shape index (κ1) is 14.1. The molecule has 1 heterocycles. The lowest BCUT2D eigenvalue weighted by Crippen LogP contribution is -2.32. The fourth-order valence-corrected chi connectivity index (χ4v) is 2.87. The first-order valence-electron chi connectivity index (χ1n) is 7.37. The molecule has 104 valence electrons. The minimum atomic E-state index is 0.545. The Bertz CT molecular complexity index is 525. The number of fused-ring (bicyclic) bond motifs is 1. The maximum absolute atomic E-state index is 5.80. The van der Waals surface area contributed by atoms with Gasteiger partial charge < -0.3 is 9.73 Å². The van der Waals surface area contributed by atoms with Gasteiger partial charge in [-0.25, -0.2) is 0 Å². The Morgan fingerprint density at radius 2 is 1.84 bits per heavy atom. The quantitative estimate of drug-likeness (QED) is 0.816. The van der Waals surface area contributed by atoms with Crippen molar-refractivity contribution in [3.05, 3.63) is 35.6 Å². The highest BCUT2D eigenvalue weighted by atomic mass is 16.3. The Labute approximate surface area is 116 Å². The van der Waals surface area contributed by atoms with Gasteiger partial charge in [0.05, 0.1) is 0 Å². The summed E-state index contributed by atoms with van der Waals surface area (Å²) in [5.74, 6) is 1.78. The molecule has 0 aliphatic heterocycles. The topological polar surface area (TPSA) is 25.2 Å². The van der Waals surface area contributed by atoms with Crippen LogP contribution in [0.2, 0.25) is 0 Å². The third-order valence-corrected chi connectivity index (χ3v) is 4.26. The van der Waals surface area contributed by atoms with Crippen molar-refractivity contribution in [1.82, 2.24) is 5.32 Å². The van der Waals surface area contributed by atoms with E-state index in [9.17, 15) is 0 Å². The Kier molecular flexibility index (Phi) is 4.65. The summed E-state index contributed by atoms with van der Waals surface area (Å²) in [5, 5.41) is 4.90. The highest BCUT2D eigenvalue weighted by Crippen LogP contribution is 2.25. The Morgan fingerprint density at radius 3 is 2.53 bits per heavy atom. The van der Waals surface area contributed by atoms with E-state index in [1.165, 1.54) is 23.8 Å². The van der Waals surface area contributed by atoms with Gasteiger partial charge in [-0.15, -0.1) is 0 Å². The lowest BCUT2D eigenvalue weighted by atomic mass is 9.95. The van der Waals surface area contributed by atoms with Gasteiger partial charge in [0, 0.05) is 23.5 Å². The lowest BCUT2D eigenvalue weighted by Gasteiger charge is -2.22. The molecule has 2 rings (SSSR count). The first-order chi connectivity index (χ1) is 9.17. The zero-order valence-corrected chi connectivity index (χ0v) is 12.5. The smallest absolute Gasteiger partial charge is 0.134 e. The number of para-hydroxylation sites is 1. The van der Waals surface area contributed by atoms with Crippen molar-refractivity contribution < 1.29 is 4.42 Å². The average molecular weight is 259 g/mol. The largest absolute Gasteiger partial charge is 0.461 e. The summed E-state index contributed by atoms with van der Waals surface area (Å²) in [6.07, 6.45) is 2.46. The summed E-state index contributed by atoms with van der Waals surface area (Å²) in [6.45, 7) is 9.77. The molecule has 0 aliphatic rings. The molecule has 2 aromatic rings. The van der Waals surface area contributed by atoms with Crippen molar-refractivity contribution in [2.24, 2.45) is 5.92 Å². The van der Waals surface area contributed by atoms with E-state index in [4.69, 9.17) is 4.42 Å². The molecule has 2 heteroatoms. The Hall–Kier alpha value is -1.28. The van der Waals surface area contributed by atoms with E-state index >= 15 is 0 Å². The maximum Gasteiger partial charge on any atom is 0.134 e. The zero-order valence-electron chi connectivity index (χ0n) is 12.5. The van der Waals surface area contributed by atoms with Crippen molar-refractivity contribution in [1.29, 1.82) is 0 Å². The number of hydrogen-bond donors (Lipinski definition) is 1. The van der Waals surface area contributed by atoms with Crippen LogP contribution < -0.4 is 5.32 Å².